The molecular formula is C18H19N3O7. The summed E-state index contributed by atoms with van der Waals surface area (Å²) in [7, 11) is 0. The van der Waals surface area contributed by atoms with E-state index in [0.29, 0.717) is 16.9 Å². The number of ether oxygens (including phenoxy) is 1. The summed E-state index contributed by atoms with van der Waals surface area (Å²) >= 11 is 0. The van der Waals surface area contributed by atoms with Gasteiger partial charge in [0.2, 0.25) is 0 Å². The summed E-state index contributed by atoms with van der Waals surface area (Å²) in [5, 5.41) is 18.9. The van der Waals surface area contributed by atoms with Gasteiger partial charge in [-0.25, -0.2) is 9.59 Å². The van der Waals surface area contributed by atoms with Crippen LogP contribution in [0.3, 0.4) is 0 Å². The molecule has 0 aliphatic carbocycles. The first-order valence-electron chi connectivity index (χ1n) is 8.50. The molecule has 1 fully saturated rings. The lowest BCUT2D eigenvalue weighted by Crippen LogP contribution is -2.37. The van der Waals surface area contributed by atoms with E-state index in [1.807, 2.05) is 0 Å². The van der Waals surface area contributed by atoms with Crippen LogP contribution in [0.4, 0.5) is 0 Å². The largest absolute Gasteiger partial charge is 0.482 e. The topological polar surface area (TPSA) is 142 Å². The van der Waals surface area contributed by atoms with Crippen molar-refractivity contribution < 1.29 is 24.5 Å². The van der Waals surface area contributed by atoms with Crippen molar-refractivity contribution in [3.8, 4) is 5.75 Å². The monoisotopic (exact) mass is 389 g/mol. The number of amides is 1. The number of nitrogens with one attached hydrogen (secondary N) is 1. The van der Waals surface area contributed by atoms with Crippen molar-refractivity contribution >= 4 is 11.9 Å². The number of aromatic amines is 1. The molecule has 0 bridgehead atoms. The highest BCUT2D eigenvalue weighted by Gasteiger charge is 2.36. The molecule has 2 aromatic rings. The number of aryl methyl sites for hydroxylation is 1. The number of β-amino-alcohol motifs (C(OH)–C–C–N with tert-alkyl or cyclic N) is 1. The van der Waals surface area contributed by atoms with E-state index in [1.54, 1.807) is 6.92 Å². The molecule has 1 saturated heterocycles. The maximum Gasteiger partial charge on any atom is 0.341 e. The number of likely N-dealkylation sites (tertiary alicyclic amines) is 1. The fourth-order valence-corrected chi connectivity index (χ4v) is 3.06. The number of carboxylic acid groups (broad SMARTS) is 1. The summed E-state index contributed by atoms with van der Waals surface area (Å²) in [6, 6.07) is 5.28. The second-order valence-electron chi connectivity index (χ2n) is 6.53. The molecule has 0 spiro atoms. The highest BCUT2D eigenvalue weighted by molar-refractivity contribution is 5.94. The molecule has 0 unspecified atom stereocenters. The third kappa shape index (κ3) is 3.96. The Hall–Kier alpha value is -3.40. The molecule has 1 aliphatic rings. The summed E-state index contributed by atoms with van der Waals surface area (Å²) in [4.78, 5) is 50.4. The van der Waals surface area contributed by atoms with Gasteiger partial charge in [-0.2, -0.15) is 0 Å². The van der Waals surface area contributed by atoms with Crippen molar-refractivity contribution in [2.75, 3.05) is 19.7 Å². The number of hydrogen-bond donors (Lipinski definition) is 3. The molecule has 1 aromatic heterocycles. The number of aliphatic hydroxyl groups excluding tert-OH is 1. The molecule has 148 valence electrons. The third-order valence-corrected chi connectivity index (χ3v) is 4.51. The molecule has 2 heterocycles. The second kappa shape index (κ2) is 7.69. The van der Waals surface area contributed by atoms with Gasteiger partial charge in [-0.1, -0.05) is 0 Å². The summed E-state index contributed by atoms with van der Waals surface area (Å²) in [6.45, 7) is 1.20. The van der Waals surface area contributed by atoms with Crippen LogP contribution in [0.25, 0.3) is 0 Å². The van der Waals surface area contributed by atoms with Gasteiger partial charge in [0.25, 0.3) is 11.5 Å². The van der Waals surface area contributed by atoms with E-state index in [4.69, 9.17) is 9.84 Å². The second-order valence-corrected chi connectivity index (χ2v) is 6.53. The first kappa shape index (κ1) is 19.4. The van der Waals surface area contributed by atoms with Crippen LogP contribution in [0.1, 0.15) is 22.0 Å². The van der Waals surface area contributed by atoms with Crippen molar-refractivity contribution in [2.24, 2.45) is 0 Å². The zero-order valence-corrected chi connectivity index (χ0v) is 15.0. The Bertz CT molecular complexity index is 1010. The molecule has 1 aromatic carbocycles. The fourth-order valence-electron chi connectivity index (χ4n) is 3.06. The Morgan fingerprint density at radius 2 is 1.89 bits per heavy atom. The highest BCUT2D eigenvalue weighted by Crippen LogP contribution is 2.23. The van der Waals surface area contributed by atoms with Gasteiger partial charge in [0, 0.05) is 30.4 Å². The first-order chi connectivity index (χ1) is 13.3. The summed E-state index contributed by atoms with van der Waals surface area (Å²) in [6.07, 6.45) is 0.405. The zero-order chi connectivity index (χ0) is 20.4. The number of carboxylic acids is 1. The molecule has 10 heteroatoms. The number of carbonyl (C=O) groups is 2. The Balaban J connectivity index is 1.74. The van der Waals surface area contributed by atoms with Gasteiger partial charge < -0.3 is 19.8 Å². The van der Waals surface area contributed by atoms with Crippen molar-refractivity contribution in [1.29, 1.82) is 0 Å². The van der Waals surface area contributed by atoms with Crippen LogP contribution in [0.5, 0.6) is 5.75 Å². The number of benzene rings is 1. The quantitative estimate of drug-likeness (QED) is 0.618. The Morgan fingerprint density at radius 1 is 1.21 bits per heavy atom. The van der Waals surface area contributed by atoms with Gasteiger partial charge in [-0.05, 0) is 31.2 Å². The van der Waals surface area contributed by atoms with Crippen LogP contribution in [-0.4, -0.2) is 62.3 Å². The molecule has 0 radical (unpaired) electrons. The molecule has 3 N–H and O–H groups in total. The maximum absolute atomic E-state index is 12.7. The van der Waals surface area contributed by atoms with Gasteiger partial charge in [0.05, 0.1) is 12.1 Å². The summed E-state index contributed by atoms with van der Waals surface area (Å²) in [5.41, 5.74) is -0.477. The minimum absolute atomic E-state index is 0.0331. The minimum atomic E-state index is -1.11. The van der Waals surface area contributed by atoms with Gasteiger partial charge in [-0.3, -0.25) is 19.1 Å². The lowest BCUT2D eigenvalue weighted by molar-refractivity contribution is -0.139. The fraction of sp³-hybridized carbons (Fsp3) is 0.333. The molecule has 1 amide bonds. The minimum Gasteiger partial charge on any atom is -0.482 e. The first-order valence-corrected chi connectivity index (χ1v) is 8.50. The number of rotatable bonds is 5. The van der Waals surface area contributed by atoms with Crippen LogP contribution in [0.15, 0.2) is 40.1 Å². The van der Waals surface area contributed by atoms with Crippen LogP contribution in [-0.2, 0) is 4.79 Å². The lowest BCUT2D eigenvalue weighted by Gasteiger charge is -2.18. The predicted octanol–water partition coefficient (Wildman–Crippen LogP) is -0.634. The molecule has 10 nitrogen and oxygen atoms in total. The van der Waals surface area contributed by atoms with Gasteiger partial charge >= 0.3 is 11.7 Å². The van der Waals surface area contributed by atoms with E-state index in [9.17, 15) is 24.3 Å². The van der Waals surface area contributed by atoms with Crippen molar-refractivity contribution in [2.45, 2.75) is 19.1 Å². The molecular weight excluding hydrogens is 370 g/mol. The van der Waals surface area contributed by atoms with E-state index in [2.05, 4.69) is 4.98 Å². The molecule has 3 rings (SSSR count). The van der Waals surface area contributed by atoms with Gasteiger partial charge in [0.15, 0.2) is 6.61 Å². The smallest absolute Gasteiger partial charge is 0.341 e. The summed E-state index contributed by atoms with van der Waals surface area (Å²) in [5.74, 6) is -1.14. The average molecular weight is 389 g/mol. The predicted molar refractivity (Wildman–Crippen MR) is 96.6 cm³/mol. The maximum atomic E-state index is 12.7. The Kier molecular flexibility index (Phi) is 5.32. The number of hydrogen-bond acceptors (Lipinski definition) is 6. The van der Waals surface area contributed by atoms with Crippen molar-refractivity contribution in [1.82, 2.24) is 14.5 Å². The number of aromatic nitrogens is 2. The average Bonchev–Trinajstić information content (AvgIpc) is 3.04. The SMILES string of the molecule is Cc1cn([C@@H]2CN(C(=O)c3ccc(OCC(=O)O)cc3)C[C@H]2O)c(=O)[nH]c1=O. The number of nitrogens with zero attached hydrogens (tertiary/aromatic N) is 2. The van der Waals surface area contributed by atoms with E-state index >= 15 is 0 Å². The zero-order valence-electron chi connectivity index (χ0n) is 15.0. The van der Waals surface area contributed by atoms with Crippen LogP contribution >= 0.6 is 0 Å². The van der Waals surface area contributed by atoms with Crippen LogP contribution in [0.2, 0.25) is 0 Å². The number of H-pyrrole nitrogens is 1. The lowest BCUT2D eigenvalue weighted by atomic mass is 10.2. The molecule has 1 aliphatic heterocycles. The Morgan fingerprint density at radius 3 is 2.54 bits per heavy atom. The van der Waals surface area contributed by atoms with Crippen molar-refractivity contribution in [3.05, 3.63) is 62.4 Å². The van der Waals surface area contributed by atoms with E-state index in [1.165, 1.54) is 39.9 Å². The highest BCUT2D eigenvalue weighted by atomic mass is 16.5. The molecule has 0 saturated carbocycles. The van der Waals surface area contributed by atoms with Crippen LogP contribution in [0, 0.1) is 6.92 Å². The van der Waals surface area contributed by atoms with Gasteiger partial charge in [-0.15, -0.1) is 0 Å². The van der Waals surface area contributed by atoms with Crippen LogP contribution < -0.4 is 16.0 Å². The van der Waals surface area contributed by atoms with E-state index < -0.39 is 36.0 Å². The third-order valence-electron chi connectivity index (χ3n) is 4.51. The number of carbonyl (C=O) groups excluding carboxylic acids is 1. The Labute approximate surface area is 158 Å². The van der Waals surface area contributed by atoms with E-state index in [-0.39, 0.29) is 19.0 Å². The number of aliphatic hydroxyl groups is 1. The standard InChI is InChI=1S/C18H19N3O7/c1-10-6-21(18(27)19-16(10)25)13-7-20(8-14(13)22)17(26)11-2-4-12(5-3-11)28-9-15(23)24/h2-6,13-14,22H,7-9H2,1H3,(H,23,24)(H,19,25,27)/t13-,14-/m1/s1. The van der Waals surface area contributed by atoms with Crippen molar-refractivity contribution in [3.63, 3.8) is 0 Å². The number of aliphatic carboxylic acids is 1. The van der Waals surface area contributed by atoms with Gasteiger partial charge in [0.1, 0.15) is 5.75 Å². The molecule has 2 atom stereocenters. The van der Waals surface area contributed by atoms with E-state index in [0.717, 1.165) is 0 Å². The normalized spacial score (nSPS) is 18.9. The summed E-state index contributed by atoms with van der Waals surface area (Å²) < 4.78 is 6.26. The molecule has 28 heavy (non-hydrogen) atoms.